The van der Waals surface area contributed by atoms with Gasteiger partial charge < -0.3 is 9.64 Å². The van der Waals surface area contributed by atoms with E-state index in [4.69, 9.17) is 4.74 Å². The second-order valence-corrected chi connectivity index (χ2v) is 9.00. The fourth-order valence-corrected chi connectivity index (χ4v) is 5.18. The molecule has 7 heteroatoms. The zero-order valence-electron chi connectivity index (χ0n) is 15.4. The van der Waals surface area contributed by atoms with Crippen molar-refractivity contribution in [1.82, 2.24) is 9.21 Å². The van der Waals surface area contributed by atoms with Crippen LogP contribution in [0.2, 0.25) is 0 Å². The van der Waals surface area contributed by atoms with Crippen LogP contribution in [0.25, 0.3) is 0 Å². The molecular weight excluding hydrogens is 352 g/mol. The van der Waals surface area contributed by atoms with Crippen molar-refractivity contribution in [2.75, 3.05) is 39.4 Å². The minimum absolute atomic E-state index is 0.116. The van der Waals surface area contributed by atoms with Crippen molar-refractivity contribution in [2.45, 2.75) is 37.5 Å². The quantitative estimate of drug-likeness (QED) is 0.760. The second kappa shape index (κ2) is 8.50. The average molecular weight is 381 g/mol. The molecule has 1 amide bonds. The molecule has 2 aliphatic rings. The molecule has 2 fully saturated rings. The van der Waals surface area contributed by atoms with Gasteiger partial charge in [0.25, 0.3) is 5.91 Å². The summed E-state index contributed by atoms with van der Waals surface area (Å²) in [6.45, 7) is 5.75. The molecule has 0 aromatic heterocycles. The van der Waals surface area contributed by atoms with Crippen LogP contribution in [-0.4, -0.2) is 62.9 Å². The molecule has 0 aliphatic carbocycles. The third kappa shape index (κ3) is 4.27. The average Bonchev–Trinajstić information content (AvgIpc) is 3.19. The Morgan fingerprint density at radius 1 is 1.27 bits per heavy atom. The van der Waals surface area contributed by atoms with Gasteiger partial charge in [0, 0.05) is 44.3 Å². The highest BCUT2D eigenvalue weighted by Crippen LogP contribution is 2.22. The van der Waals surface area contributed by atoms with E-state index < -0.39 is 10.0 Å². The van der Waals surface area contributed by atoms with Crippen LogP contribution in [0.3, 0.4) is 0 Å². The lowest BCUT2D eigenvalue weighted by Gasteiger charge is -2.26. The normalized spacial score (nSPS) is 21.7. The summed E-state index contributed by atoms with van der Waals surface area (Å²) in [6.07, 6.45) is 3.82. The zero-order valence-corrected chi connectivity index (χ0v) is 16.2. The summed E-state index contributed by atoms with van der Waals surface area (Å²) in [5, 5.41) is 0. The number of benzene rings is 1. The Labute approximate surface area is 156 Å². The summed E-state index contributed by atoms with van der Waals surface area (Å²) in [5.74, 6) is 0.245. The van der Waals surface area contributed by atoms with Gasteiger partial charge in [0.1, 0.15) is 0 Å². The molecule has 1 aromatic carbocycles. The van der Waals surface area contributed by atoms with Gasteiger partial charge in [0.05, 0.1) is 11.5 Å². The van der Waals surface area contributed by atoms with Crippen molar-refractivity contribution >= 4 is 15.9 Å². The van der Waals surface area contributed by atoms with E-state index in [0.29, 0.717) is 44.3 Å². The predicted octanol–water partition coefficient (Wildman–Crippen LogP) is 2.36. The monoisotopic (exact) mass is 380 g/mol. The highest BCUT2D eigenvalue weighted by atomic mass is 32.2. The van der Waals surface area contributed by atoms with Gasteiger partial charge in [-0.25, -0.2) is 8.42 Å². The van der Waals surface area contributed by atoms with E-state index in [2.05, 4.69) is 0 Å². The van der Waals surface area contributed by atoms with E-state index in [1.54, 1.807) is 23.1 Å². The topological polar surface area (TPSA) is 66.9 Å². The Balaban J connectivity index is 1.77. The third-order valence-corrected chi connectivity index (χ3v) is 7.10. The van der Waals surface area contributed by atoms with Crippen LogP contribution in [0, 0.1) is 5.92 Å². The standard InChI is InChI=1S/C19H28N2O4S/c1-2-20(14-16-9-12-25-15-16)19(22)17-7-6-8-18(13-17)26(23,24)21-10-4-3-5-11-21/h6-8,13,16H,2-5,9-12,14-15H2,1H3. The molecule has 0 bridgehead atoms. The molecule has 1 unspecified atom stereocenters. The Hall–Kier alpha value is -1.44. The number of hydrogen-bond donors (Lipinski definition) is 0. The van der Waals surface area contributed by atoms with Crippen LogP contribution in [0.4, 0.5) is 0 Å². The Morgan fingerprint density at radius 3 is 2.69 bits per heavy atom. The van der Waals surface area contributed by atoms with Crippen LogP contribution < -0.4 is 0 Å². The first-order chi connectivity index (χ1) is 12.5. The molecule has 0 saturated carbocycles. The summed E-state index contributed by atoms with van der Waals surface area (Å²) >= 11 is 0. The van der Waals surface area contributed by atoms with Gasteiger partial charge in [-0.15, -0.1) is 0 Å². The number of amides is 1. The Bertz CT molecular complexity index is 723. The van der Waals surface area contributed by atoms with Crippen molar-refractivity contribution < 1.29 is 17.9 Å². The van der Waals surface area contributed by atoms with Crippen molar-refractivity contribution in [3.63, 3.8) is 0 Å². The van der Waals surface area contributed by atoms with Gasteiger partial charge in [-0.1, -0.05) is 12.5 Å². The molecule has 0 N–H and O–H groups in total. The lowest BCUT2D eigenvalue weighted by Crippen LogP contribution is -2.36. The molecule has 6 nitrogen and oxygen atoms in total. The fraction of sp³-hybridized carbons (Fsp3) is 0.632. The van der Waals surface area contributed by atoms with Crippen molar-refractivity contribution in [3.8, 4) is 0 Å². The summed E-state index contributed by atoms with van der Waals surface area (Å²) in [7, 11) is -3.53. The lowest BCUT2D eigenvalue weighted by atomic mass is 10.1. The van der Waals surface area contributed by atoms with E-state index in [9.17, 15) is 13.2 Å². The molecular formula is C19H28N2O4S. The second-order valence-electron chi connectivity index (χ2n) is 7.07. The Morgan fingerprint density at radius 2 is 2.04 bits per heavy atom. The SMILES string of the molecule is CCN(CC1CCOC1)C(=O)c1cccc(S(=O)(=O)N2CCCCC2)c1. The molecule has 144 valence electrons. The summed E-state index contributed by atoms with van der Waals surface area (Å²) in [5.41, 5.74) is 0.434. The maximum absolute atomic E-state index is 12.9. The molecule has 2 aliphatic heterocycles. The number of nitrogens with zero attached hydrogens (tertiary/aromatic N) is 2. The van der Waals surface area contributed by atoms with Crippen LogP contribution in [0.15, 0.2) is 29.2 Å². The van der Waals surface area contributed by atoms with Crippen LogP contribution in [-0.2, 0) is 14.8 Å². The van der Waals surface area contributed by atoms with Gasteiger partial charge in [-0.2, -0.15) is 4.31 Å². The number of sulfonamides is 1. The number of carbonyl (C=O) groups is 1. The minimum Gasteiger partial charge on any atom is -0.381 e. The van der Waals surface area contributed by atoms with E-state index in [1.807, 2.05) is 6.92 Å². The van der Waals surface area contributed by atoms with E-state index in [0.717, 1.165) is 32.3 Å². The van der Waals surface area contributed by atoms with Gasteiger partial charge >= 0.3 is 0 Å². The lowest BCUT2D eigenvalue weighted by molar-refractivity contribution is 0.0730. The fourth-order valence-electron chi connectivity index (χ4n) is 3.62. The molecule has 0 radical (unpaired) electrons. The summed E-state index contributed by atoms with van der Waals surface area (Å²) in [6, 6.07) is 6.48. The molecule has 1 aromatic rings. The van der Waals surface area contributed by atoms with Gasteiger partial charge in [0.2, 0.25) is 10.0 Å². The first-order valence-corrected chi connectivity index (χ1v) is 10.9. The zero-order chi connectivity index (χ0) is 18.6. The molecule has 1 atom stereocenters. The number of rotatable bonds is 6. The summed E-state index contributed by atoms with van der Waals surface area (Å²) in [4.78, 5) is 14.9. The minimum atomic E-state index is -3.53. The molecule has 26 heavy (non-hydrogen) atoms. The molecule has 0 spiro atoms. The van der Waals surface area contributed by atoms with E-state index in [-0.39, 0.29) is 10.8 Å². The number of hydrogen-bond acceptors (Lipinski definition) is 4. The number of piperidine rings is 1. The molecule has 2 saturated heterocycles. The number of ether oxygens (including phenoxy) is 1. The molecule has 2 heterocycles. The van der Waals surface area contributed by atoms with Gasteiger partial charge in [-0.05, 0) is 44.4 Å². The maximum Gasteiger partial charge on any atom is 0.253 e. The van der Waals surface area contributed by atoms with Gasteiger partial charge in [0.15, 0.2) is 0 Å². The Kier molecular flexibility index (Phi) is 6.32. The predicted molar refractivity (Wildman–Crippen MR) is 99.6 cm³/mol. The largest absolute Gasteiger partial charge is 0.381 e. The van der Waals surface area contributed by atoms with Crippen molar-refractivity contribution in [3.05, 3.63) is 29.8 Å². The first-order valence-electron chi connectivity index (χ1n) is 9.49. The van der Waals surface area contributed by atoms with Gasteiger partial charge in [-0.3, -0.25) is 4.79 Å². The maximum atomic E-state index is 12.9. The third-order valence-electron chi connectivity index (χ3n) is 5.21. The smallest absolute Gasteiger partial charge is 0.253 e. The summed E-state index contributed by atoms with van der Waals surface area (Å²) < 4.78 is 32.7. The van der Waals surface area contributed by atoms with Crippen molar-refractivity contribution in [2.24, 2.45) is 5.92 Å². The van der Waals surface area contributed by atoms with E-state index in [1.165, 1.54) is 10.4 Å². The highest BCUT2D eigenvalue weighted by molar-refractivity contribution is 7.89. The van der Waals surface area contributed by atoms with Crippen LogP contribution >= 0.6 is 0 Å². The molecule has 3 rings (SSSR count). The van der Waals surface area contributed by atoms with Crippen molar-refractivity contribution in [1.29, 1.82) is 0 Å². The first kappa shape index (κ1) is 19.3. The number of carbonyl (C=O) groups excluding carboxylic acids is 1. The highest BCUT2D eigenvalue weighted by Gasteiger charge is 2.27. The van der Waals surface area contributed by atoms with Crippen LogP contribution in [0.1, 0.15) is 43.0 Å². The van der Waals surface area contributed by atoms with Crippen LogP contribution in [0.5, 0.6) is 0 Å². The van der Waals surface area contributed by atoms with E-state index >= 15 is 0 Å².